The van der Waals surface area contributed by atoms with Crippen LogP contribution in [0.25, 0.3) is 11.3 Å². The monoisotopic (exact) mass is 409 g/mol. The van der Waals surface area contributed by atoms with Crippen LogP contribution in [-0.4, -0.2) is 35.0 Å². The number of rotatable bonds is 5. The minimum Gasteiger partial charge on any atom is -0.355 e. The highest BCUT2D eigenvalue weighted by molar-refractivity contribution is 6.30. The molecule has 0 radical (unpaired) electrons. The van der Waals surface area contributed by atoms with Crippen molar-refractivity contribution >= 4 is 29.1 Å². The molecule has 1 aliphatic rings. The number of halogens is 1. The van der Waals surface area contributed by atoms with Gasteiger partial charge in [0.15, 0.2) is 11.5 Å². The molecule has 2 amide bonds. The van der Waals surface area contributed by atoms with E-state index in [0.29, 0.717) is 22.9 Å². The standard InChI is InChI=1S/C22H20ClN3O3/c23-17-7-5-16(6-8-17)20-14-19(25-29-20)22(28)24-18-9-3-15(4-10-18)13-21(27)26-11-1-2-12-26/h3-10,14H,1-2,11-13H2,(H,24,28). The number of likely N-dealkylation sites (tertiary alicyclic amines) is 1. The highest BCUT2D eigenvalue weighted by Crippen LogP contribution is 2.23. The van der Waals surface area contributed by atoms with Crippen LogP contribution in [0.15, 0.2) is 59.1 Å². The van der Waals surface area contributed by atoms with Gasteiger partial charge in [0.1, 0.15) is 0 Å². The molecule has 0 aliphatic carbocycles. The number of hydrogen-bond acceptors (Lipinski definition) is 4. The Bertz CT molecular complexity index is 1010. The largest absolute Gasteiger partial charge is 0.355 e. The van der Waals surface area contributed by atoms with Gasteiger partial charge in [-0.2, -0.15) is 0 Å². The number of nitrogens with zero attached hydrogens (tertiary/aromatic N) is 2. The first-order chi connectivity index (χ1) is 14.1. The average molecular weight is 410 g/mol. The molecule has 0 unspecified atom stereocenters. The summed E-state index contributed by atoms with van der Waals surface area (Å²) in [5.41, 5.74) is 2.52. The molecule has 2 heterocycles. The van der Waals surface area contributed by atoms with Crippen LogP contribution in [0.5, 0.6) is 0 Å². The van der Waals surface area contributed by atoms with E-state index in [2.05, 4.69) is 10.5 Å². The van der Waals surface area contributed by atoms with Gasteiger partial charge in [0.25, 0.3) is 5.91 Å². The summed E-state index contributed by atoms with van der Waals surface area (Å²) in [5, 5.41) is 7.25. The Morgan fingerprint density at radius 1 is 1.03 bits per heavy atom. The second-order valence-corrected chi connectivity index (χ2v) is 7.44. The lowest BCUT2D eigenvalue weighted by molar-refractivity contribution is -0.129. The number of nitrogens with one attached hydrogen (secondary N) is 1. The molecule has 1 N–H and O–H groups in total. The molecule has 6 nitrogen and oxygen atoms in total. The zero-order valence-electron chi connectivity index (χ0n) is 15.7. The van der Waals surface area contributed by atoms with E-state index in [9.17, 15) is 9.59 Å². The Morgan fingerprint density at radius 2 is 1.72 bits per heavy atom. The smallest absolute Gasteiger partial charge is 0.277 e. The molecule has 148 valence electrons. The predicted molar refractivity (Wildman–Crippen MR) is 111 cm³/mol. The topological polar surface area (TPSA) is 75.4 Å². The maximum absolute atomic E-state index is 12.4. The zero-order valence-corrected chi connectivity index (χ0v) is 16.5. The summed E-state index contributed by atoms with van der Waals surface area (Å²) in [5.74, 6) is 0.272. The Labute approximate surface area is 173 Å². The van der Waals surface area contributed by atoms with E-state index in [1.165, 1.54) is 0 Å². The molecule has 1 fully saturated rings. The van der Waals surface area contributed by atoms with Crippen LogP contribution in [-0.2, 0) is 11.2 Å². The van der Waals surface area contributed by atoms with E-state index in [-0.39, 0.29) is 17.5 Å². The number of benzene rings is 2. The number of carbonyl (C=O) groups excluding carboxylic acids is 2. The maximum Gasteiger partial charge on any atom is 0.277 e. The SMILES string of the molecule is O=C(Nc1ccc(CC(=O)N2CCCC2)cc1)c1cc(-c2ccc(Cl)cc2)on1. The molecule has 0 saturated carbocycles. The van der Waals surface area contributed by atoms with Crippen LogP contribution in [0, 0.1) is 0 Å². The first-order valence-corrected chi connectivity index (χ1v) is 9.87. The summed E-state index contributed by atoms with van der Waals surface area (Å²) >= 11 is 5.89. The Hall–Kier alpha value is -3.12. The highest BCUT2D eigenvalue weighted by atomic mass is 35.5. The van der Waals surface area contributed by atoms with Crippen LogP contribution >= 0.6 is 11.6 Å². The van der Waals surface area contributed by atoms with Gasteiger partial charge in [-0.05, 0) is 54.8 Å². The van der Waals surface area contributed by atoms with Gasteiger partial charge < -0.3 is 14.7 Å². The fourth-order valence-corrected chi connectivity index (χ4v) is 3.41. The number of anilines is 1. The maximum atomic E-state index is 12.4. The van der Waals surface area contributed by atoms with Crippen molar-refractivity contribution in [1.29, 1.82) is 0 Å². The summed E-state index contributed by atoms with van der Waals surface area (Å²) in [6.07, 6.45) is 2.54. The number of carbonyl (C=O) groups is 2. The quantitative estimate of drug-likeness (QED) is 0.677. The van der Waals surface area contributed by atoms with Crippen molar-refractivity contribution < 1.29 is 14.1 Å². The number of aromatic nitrogens is 1. The summed E-state index contributed by atoms with van der Waals surface area (Å²) < 4.78 is 5.26. The van der Waals surface area contributed by atoms with Crippen molar-refractivity contribution in [2.24, 2.45) is 0 Å². The fourth-order valence-electron chi connectivity index (χ4n) is 3.29. The van der Waals surface area contributed by atoms with Gasteiger partial charge in [-0.3, -0.25) is 9.59 Å². The van der Waals surface area contributed by atoms with Crippen molar-refractivity contribution in [3.63, 3.8) is 0 Å². The highest BCUT2D eigenvalue weighted by Gasteiger charge is 2.18. The number of hydrogen-bond donors (Lipinski definition) is 1. The van der Waals surface area contributed by atoms with E-state index >= 15 is 0 Å². The molecule has 29 heavy (non-hydrogen) atoms. The normalized spacial score (nSPS) is 13.5. The third-order valence-electron chi connectivity index (χ3n) is 4.90. The zero-order chi connectivity index (χ0) is 20.2. The lowest BCUT2D eigenvalue weighted by atomic mass is 10.1. The first-order valence-electron chi connectivity index (χ1n) is 9.49. The Balaban J connectivity index is 1.37. The third-order valence-corrected chi connectivity index (χ3v) is 5.15. The molecular formula is C22H20ClN3O3. The van der Waals surface area contributed by atoms with Crippen molar-refractivity contribution in [2.75, 3.05) is 18.4 Å². The van der Waals surface area contributed by atoms with Gasteiger partial charge in [0.05, 0.1) is 6.42 Å². The number of amides is 2. The van der Waals surface area contributed by atoms with Crippen molar-refractivity contribution in [1.82, 2.24) is 10.1 Å². The molecule has 3 aromatic rings. The molecule has 1 aliphatic heterocycles. The van der Waals surface area contributed by atoms with Crippen molar-refractivity contribution in [3.8, 4) is 11.3 Å². The molecular weight excluding hydrogens is 390 g/mol. The van der Waals surface area contributed by atoms with Crippen LogP contribution in [0.1, 0.15) is 28.9 Å². The lowest BCUT2D eigenvalue weighted by Crippen LogP contribution is -2.29. The van der Waals surface area contributed by atoms with Crippen LogP contribution < -0.4 is 5.32 Å². The van der Waals surface area contributed by atoms with Gasteiger partial charge in [-0.15, -0.1) is 0 Å². The van der Waals surface area contributed by atoms with E-state index in [4.69, 9.17) is 16.1 Å². The Morgan fingerprint density at radius 3 is 2.41 bits per heavy atom. The van der Waals surface area contributed by atoms with E-state index < -0.39 is 0 Å². The molecule has 0 atom stereocenters. The molecule has 2 aromatic carbocycles. The predicted octanol–water partition coefficient (Wildman–Crippen LogP) is 4.41. The minimum atomic E-state index is -0.366. The van der Waals surface area contributed by atoms with Gasteiger partial charge in [-0.1, -0.05) is 28.9 Å². The van der Waals surface area contributed by atoms with Gasteiger partial charge in [0.2, 0.25) is 5.91 Å². The van der Waals surface area contributed by atoms with E-state index in [1.54, 1.807) is 42.5 Å². The average Bonchev–Trinajstić information content (AvgIpc) is 3.42. The second kappa shape index (κ2) is 8.49. The van der Waals surface area contributed by atoms with Crippen molar-refractivity contribution in [2.45, 2.75) is 19.3 Å². The molecule has 1 saturated heterocycles. The Kier molecular flexibility index (Phi) is 5.62. The van der Waals surface area contributed by atoms with Crippen LogP contribution in [0.2, 0.25) is 5.02 Å². The van der Waals surface area contributed by atoms with E-state index in [1.807, 2.05) is 17.0 Å². The fraction of sp³-hybridized carbons (Fsp3) is 0.227. The third kappa shape index (κ3) is 4.66. The lowest BCUT2D eigenvalue weighted by Gasteiger charge is -2.15. The van der Waals surface area contributed by atoms with Gasteiger partial charge >= 0.3 is 0 Å². The summed E-state index contributed by atoms with van der Waals surface area (Å²) in [6.45, 7) is 1.70. The molecule has 4 rings (SSSR count). The van der Waals surface area contributed by atoms with Crippen molar-refractivity contribution in [3.05, 3.63) is 70.9 Å². The molecule has 0 spiro atoms. The van der Waals surface area contributed by atoms with Gasteiger partial charge in [-0.25, -0.2) is 0 Å². The van der Waals surface area contributed by atoms with Crippen LogP contribution in [0.4, 0.5) is 5.69 Å². The molecule has 7 heteroatoms. The van der Waals surface area contributed by atoms with Gasteiger partial charge in [0, 0.05) is 35.4 Å². The first kappa shape index (κ1) is 19.2. The summed E-state index contributed by atoms with van der Waals surface area (Å²) in [6, 6.07) is 15.9. The molecule has 0 bridgehead atoms. The minimum absolute atomic E-state index is 0.150. The molecule has 1 aromatic heterocycles. The summed E-state index contributed by atoms with van der Waals surface area (Å²) in [7, 11) is 0. The summed E-state index contributed by atoms with van der Waals surface area (Å²) in [4.78, 5) is 26.6. The van der Waals surface area contributed by atoms with Crippen LogP contribution in [0.3, 0.4) is 0 Å². The van der Waals surface area contributed by atoms with E-state index in [0.717, 1.165) is 37.1 Å². The second-order valence-electron chi connectivity index (χ2n) is 7.00.